The van der Waals surface area contributed by atoms with Gasteiger partial charge in [0, 0.05) is 13.1 Å². The number of carbonyl (C=O) groups excluding carboxylic acids is 1. The van der Waals surface area contributed by atoms with Gasteiger partial charge in [0.25, 0.3) is 5.91 Å². The zero-order valence-corrected chi connectivity index (χ0v) is 16.4. The number of nitrogens with one attached hydrogen (secondary N) is 1. The highest BCUT2D eigenvalue weighted by molar-refractivity contribution is 7.89. The van der Waals surface area contributed by atoms with Crippen molar-refractivity contribution in [2.24, 2.45) is 0 Å². The van der Waals surface area contributed by atoms with E-state index in [9.17, 15) is 13.2 Å². The minimum atomic E-state index is -3.43. The summed E-state index contributed by atoms with van der Waals surface area (Å²) in [5, 5.41) is 0. The third-order valence-corrected chi connectivity index (χ3v) is 7.56. The summed E-state index contributed by atoms with van der Waals surface area (Å²) < 4.78 is 27.0. The monoisotopic (exact) mass is 380 g/mol. The first-order chi connectivity index (χ1) is 12.5. The summed E-state index contributed by atoms with van der Waals surface area (Å²) in [5.41, 5.74) is 0. The molecule has 2 saturated heterocycles. The Balaban J connectivity index is 1.58. The van der Waals surface area contributed by atoms with Crippen molar-refractivity contribution in [3.8, 4) is 0 Å². The van der Waals surface area contributed by atoms with E-state index in [0.717, 1.165) is 25.9 Å². The first-order valence-corrected chi connectivity index (χ1v) is 11.1. The van der Waals surface area contributed by atoms with Crippen LogP contribution in [0.4, 0.5) is 0 Å². The zero-order valence-electron chi connectivity index (χ0n) is 15.6. The first-order valence-electron chi connectivity index (χ1n) is 9.69. The maximum absolute atomic E-state index is 12.8. The van der Waals surface area contributed by atoms with E-state index in [-0.39, 0.29) is 11.9 Å². The Kier molecular flexibility index (Phi) is 6.32. The molecule has 2 aliphatic heterocycles. The van der Waals surface area contributed by atoms with Crippen LogP contribution in [0.3, 0.4) is 0 Å². The summed E-state index contributed by atoms with van der Waals surface area (Å²) in [5.74, 6) is 0.223. The topological polar surface area (TPSA) is 62.1 Å². The van der Waals surface area contributed by atoms with Gasteiger partial charge < -0.3 is 9.80 Å². The van der Waals surface area contributed by atoms with Crippen molar-refractivity contribution in [3.05, 3.63) is 30.3 Å². The van der Waals surface area contributed by atoms with Gasteiger partial charge in [0.2, 0.25) is 10.0 Å². The third-order valence-electron chi connectivity index (χ3n) is 5.65. The first kappa shape index (κ1) is 19.3. The molecule has 1 aromatic carbocycles. The molecule has 3 rings (SSSR count). The standard InChI is InChI=1S/C19H29N3O3S/c1-17(19(23)21-11-7-2-3-8-12-21)20-13-15-22(16-14-20)26(24,25)18-9-5-4-6-10-18/h4-6,9-10,17H,2-3,7-8,11-16H2,1H3/p+1/t17-/m1/s1. The molecule has 0 aromatic heterocycles. The van der Waals surface area contributed by atoms with Gasteiger partial charge in [-0.05, 0) is 31.9 Å². The van der Waals surface area contributed by atoms with Gasteiger partial charge in [-0.15, -0.1) is 0 Å². The molecule has 0 saturated carbocycles. The van der Waals surface area contributed by atoms with Crippen molar-refractivity contribution in [2.45, 2.75) is 43.5 Å². The van der Waals surface area contributed by atoms with Gasteiger partial charge in [0.05, 0.1) is 31.1 Å². The highest BCUT2D eigenvalue weighted by atomic mass is 32.2. The summed E-state index contributed by atoms with van der Waals surface area (Å²) >= 11 is 0. The number of carbonyl (C=O) groups is 1. The van der Waals surface area contributed by atoms with Crippen molar-refractivity contribution < 1.29 is 18.1 Å². The van der Waals surface area contributed by atoms with Gasteiger partial charge in [-0.3, -0.25) is 4.79 Å². The number of likely N-dealkylation sites (tertiary alicyclic amines) is 1. The number of quaternary nitrogens is 1. The molecule has 2 fully saturated rings. The average molecular weight is 381 g/mol. The second-order valence-electron chi connectivity index (χ2n) is 7.34. The highest BCUT2D eigenvalue weighted by Gasteiger charge is 2.35. The summed E-state index contributed by atoms with van der Waals surface area (Å²) in [6, 6.07) is 8.49. The normalized spacial score (nSPS) is 22.0. The summed E-state index contributed by atoms with van der Waals surface area (Å²) in [7, 11) is -3.43. The Morgan fingerprint density at radius 1 is 0.962 bits per heavy atom. The van der Waals surface area contributed by atoms with Crippen LogP contribution in [-0.4, -0.2) is 68.8 Å². The molecule has 0 unspecified atom stereocenters. The van der Waals surface area contributed by atoms with Crippen LogP contribution in [0, 0.1) is 0 Å². The molecule has 0 radical (unpaired) electrons. The summed E-state index contributed by atoms with van der Waals surface area (Å²) in [4.78, 5) is 16.4. The van der Waals surface area contributed by atoms with Gasteiger partial charge in [-0.2, -0.15) is 4.31 Å². The van der Waals surface area contributed by atoms with Crippen LogP contribution in [0.25, 0.3) is 0 Å². The maximum atomic E-state index is 12.8. The molecule has 1 amide bonds. The van der Waals surface area contributed by atoms with E-state index in [0.29, 0.717) is 31.1 Å². The van der Waals surface area contributed by atoms with Crippen molar-refractivity contribution in [1.29, 1.82) is 0 Å². The van der Waals surface area contributed by atoms with Crippen LogP contribution in [-0.2, 0) is 14.8 Å². The molecule has 6 nitrogen and oxygen atoms in total. The maximum Gasteiger partial charge on any atom is 0.280 e. The smallest absolute Gasteiger partial charge is 0.280 e. The molecule has 7 heteroatoms. The fraction of sp³-hybridized carbons (Fsp3) is 0.632. The van der Waals surface area contributed by atoms with Crippen LogP contribution in [0.15, 0.2) is 35.2 Å². The Hall–Kier alpha value is -1.44. The number of benzene rings is 1. The molecule has 1 N–H and O–H groups in total. The molecular formula is C19H30N3O3S+. The molecule has 0 spiro atoms. The molecule has 26 heavy (non-hydrogen) atoms. The van der Waals surface area contributed by atoms with E-state index in [1.807, 2.05) is 17.9 Å². The van der Waals surface area contributed by atoms with Crippen molar-refractivity contribution in [2.75, 3.05) is 39.3 Å². The molecule has 0 bridgehead atoms. The van der Waals surface area contributed by atoms with Crippen LogP contribution in [0.2, 0.25) is 0 Å². The summed E-state index contributed by atoms with van der Waals surface area (Å²) in [6.07, 6.45) is 4.61. The van der Waals surface area contributed by atoms with Crippen LogP contribution < -0.4 is 4.90 Å². The summed E-state index contributed by atoms with van der Waals surface area (Å²) in [6.45, 7) is 5.99. The van der Waals surface area contributed by atoms with Crippen molar-refractivity contribution in [3.63, 3.8) is 0 Å². The second-order valence-corrected chi connectivity index (χ2v) is 9.27. The third kappa shape index (κ3) is 4.27. The lowest BCUT2D eigenvalue weighted by atomic mass is 10.2. The number of sulfonamides is 1. The molecular weight excluding hydrogens is 350 g/mol. The lowest BCUT2D eigenvalue weighted by Crippen LogP contribution is -3.19. The average Bonchev–Trinajstić information content (AvgIpc) is 2.97. The Morgan fingerprint density at radius 2 is 1.54 bits per heavy atom. The molecule has 2 aliphatic rings. The lowest BCUT2D eigenvalue weighted by Gasteiger charge is -2.35. The number of nitrogens with zero attached hydrogens (tertiary/aromatic N) is 2. The largest absolute Gasteiger partial charge is 0.338 e. The van der Waals surface area contributed by atoms with E-state index >= 15 is 0 Å². The molecule has 0 aliphatic carbocycles. The lowest BCUT2D eigenvalue weighted by molar-refractivity contribution is -0.918. The van der Waals surface area contributed by atoms with E-state index in [1.54, 1.807) is 28.6 Å². The Morgan fingerprint density at radius 3 is 2.12 bits per heavy atom. The van der Waals surface area contributed by atoms with E-state index in [4.69, 9.17) is 0 Å². The number of hydrogen-bond acceptors (Lipinski definition) is 3. The fourth-order valence-electron chi connectivity index (χ4n) is 3.93. The second kappa shape index (κ2) is 8.50. The number of rotatable bonds is 4. The Bertz CT molecular complexity index is 692. The predicted octanol–water partition coefficient (Wildman–Crippen LogP) is 0.367. The highest BCUT2D eigenvalue weighted by Crippen LogP contribution is 2.15. The molecule has 2 heterocycles. The zero-order chi connectivity index (χ0) is 18.6. The fourth-order valence-corrected chi connectivity index (χ4v) is 5.39. The van der Waals surface area contributed by atoms with E-state index in [1.165, 1.54) is 17.7 Å². The van der Waals surface area contributed by atoms with E-state index in [2.05, 4.69) is 0 Å². The molecule has 1 aromatic rings. The number of amides is 1. The van der Waals surface area contributed by atoms with Gasteiger partial charge in [-0.25, -0.2) is 8.42 Å². The van der Waals surface area contributed by atoms with Crippen molar-refractivity contribution >= 4 is 15.9 Å². The van der Waals surface area contributed by atoms with Crippen molar-refractivity contribution in [1.82, 2.24) is 9.21 Å². The van der Waals surface area contributed by atoms with Crippen LogP contribution in [0.5, 0.6) is 0 Å². The van der Waals surface area contributed by atoms with E-state index < -0.39 is 10.0 Å². The minimum absolute atomic E-state index is 0.102. The minimum Gasteiger partial charge on any atom is -0.338 e. The SMILES string of the molecule is C[C@H](C(=O)N1CCCCCC1)[NH+]1CCN(S(=O)(=O)c2ccccc2)CC1. The number of piperazine rings is 1. The number of hydrogen-bond donors (Lipinski definition) is 1. The van der Waals surface area contributed by atoms with Crippen LogP contribution in [0.1, 0.15) is 32.6 Å². The van der Waals surface area contributed by atoms with Crippen LogP contribution >= 0.6 is 0 Å². The predicted molar refractivity (Wildman–Crippen MR) is 100 cm³/mol. The van der Waals surface area contributed by atoms with Gasteiger partial charge in [0.15, 0.2) is 6.04 Å². The molecule has 1 atom stereocenters. The quantitative estimate of drug-likeness (QED) is 0.821. The molecule has 144 valence electrons. The van der Waals surface area contributed by atoms with Gasteiger partial charge in [-0.1, -0.05) is 31.0 Å². The van der Waals surface area contributed by atoms with Gasteiger partial charge in [0.1, 0.15) is 0 Å². The van der Waals surface area contributed by atoms with Gasteiger partial charge >= 0.3 is 0 Å². The Labute approximate surface area is 156 Å².